The van der Waals surface area contributed by atoms with Gasteiger partial charge in [-0.2, -0.15) is 5.26 Å². The Morgan fingerprint density at radius 2 is 1.84 bits per heavy atom. The van der Waals surface area contributed by atoms with Gasteiger partial charge in [0.05, 0.1) is 22.8 Å². The highest BCUT2D eigenvalue weighted by molar-refractivity contribution is 6.62. The fourth-order valence-electron chi connectivity index (χ4n) is 2.52. The zero-order chi connectivity index (χ0) is 18.1. The first-order valence-corrected chi connectivity index (χ1v) is 8.24. The Kier molecular flexibility index (Phi) is 4.55. The first kappa shape index (κ1) is 17.5. The molecule has 128 valence electrons. The Morgan fingerprint density at radius 1 is 1.12 bits per heavy atom. The predicted octanol–water partition coefficient (Wildman–Crippen LogP) is 2.83. The topological polar surface area (TPSA) is 64.4 Å². The standard InChI is InChI=1S/C19H21BN2O3/c1-18(2)19(3,4)25-20(24-18)16-8-9-22-17(11-16)23-13-15-7-5-6-14(10-15)12-21/h5-11H,13H2,1-4H3. The van der Waals surface area contributed by atoms with Crippen LogP contribution < -0.4 is 10.2 Å². The summed E-state index contributed by atoms with van der Waals surface area (Å²) in [6, 6.07) is 13.1. The molecule has 0 saturated carbocycles. The average Bonchev–Trinajstić information content (AvgIpc) is 2.81. The molecule has 0 amide bonds. The van der Waals surface area contributed by atoms with Crippen LogP contribution in [0, 0.1) is 11.3 Å². The van der Waals surface area contributed by atoms with Gasteiger partial charge in [0.2, 0.25) is 5.88 Å². The number of hydrogen-bond donors (Lipinski definition) is 0. The van der Waals surface area contributed by atoms with Crippen molar-refractivity contribution in [2.45, 2.75) is 45.5 Å². The summed E-state index contributed by atoms with van der Waals surface area (Å²) in [4.78, 5) is 4.24. The van der Waals surface area contributed by atoms with E-state index in [1.807, 2.05) is 52.0 Å². The third kappa shape index (κ3) is 3.68. The quantitative estimate of drug-likeness (QED) is 0.804. The molecule has 2 heterocycles. The number of nitriles is 1. The van der Waals surface area contributed by atoms with Crippen LogP contribution in [0.15, 0.2) is 42.6 Å². The van der Waals surface area contributed by atoms with E-state index in [-0.39, 0.29) is 11.2 Å². The maximum Gasteiger partial charge on any atom is 0.495 e. The molecular weight excluding hydrogens is 315 g/mol. The van der Waals surface area contributed by atoms with E-state index < -0.39 is 7.12 Å². The molecule has 0 N–H and O–H groups in total. The maximum atomic E-state index is 8.96. The summed E-state index contributed by atoms with van der Waals surface area (Å²) in [5, 5.41) is 8.96. The molecule has 0 atom stereocenters. The Labute approximate surface area is 148 Å². The molecule has 1 saturated heterocycles. The molecule has 1 aromatic carbocycles. The van der Waals surface area contributed by atoms with E-state index in [2.05, 4.69) is 11.1 Å². The highest BCUT2D eigenvalue weighted by Crippen LogP contribution is 2.36. The van der Waals surface area contributed by atoms with Crippen molar-refractivity contribution >= 4 is 12.6 Å². The fraction of sp³-hybridized carbons (Fsp3) is 0.368. The molecule has 25 heavy (non-hydrogen) atoms. The van der Waals surface area contributed by atoms with Gasteiger partial charge < -0.3 is 14.0 Å². The summed E-state index contributed by atoms with van der Waals surface area (Å²) in [5.74, 6) is 0.495. The molecule has 1 aliphatic rings. The van der Waals surface area contributed by atoms with Gasteiger partial charge in [-0.3, -0.25) is 0 Å². The second-order valence-electron chi connectivity index (χ2n) is 7.12. The van der Waals surface area contributed by atoms with Crippen LogP contribution in [0.1, 0.15) is 38.8 Å². The lowest BCUT2D eigenvalue weighted by Crippen LogP contribution is -2.41. The Hall–Kier alpha value is -2.36. The van der Waals surface area contributed by atoms with Crippen LogP contribution >= 0.6 is 0 Å². The van der Waals surface area contributed by atoms with Gasteiger partial charge in [0.25, 0.3) is 0 Å². The Bertz CT molecular complexity index is 798. The summed E-state index contributed by atoms with van der Waals surface area (Å²) in [7, 11) is -0.447. The van der Waals surface area contributed by atoms with E-state index in [4.69, 9.17) is 19.3 Å². The largest absolute Gasteiger partial charge is 0.495 e. The molecule has 1 fully saturated rings. The SMILES string of the molecule is CC1(C)OB(c2ccnc(OCc3cccc(C#N)c3)c2)OC1(C)C. The van der Waals surface area contributed by atoms with Crippen LogP contribution in [0.5, 0.6) is 5.88 Å². The molecule has 1 aromatic heterocycles. The maximum absolute atomic E-state index is 8.96. The van der Waals surface area contributed by atoms with Gasteiger partial charge in [0, 0.05) is 12.3 Å². The molecule has 3 rings (SSSR count). The van der Waals surface area contributed by atoms with E-state index in [0.29, 0.717) is 18.1 Å². The number of hydrogen-bond acceptors (Lipinski definition) is 5. The van der Waals surface area contributed by atoms with Gasteiger partial charge in [0.1, 0.15) is 6.61 Å². The second kappa shape index (κ2) is 6.51. The number of aromatic nitrogens is 1. The smallest absolute Gasteiger partial charge is 0.473 e. The molecular formula is C19H21BN2O3. The first-order valence-electron chi connectivity index (χ1n) is 8.24. The van der Waals surface area contributed by atoms with Crippen LogP contribution in [0.3, 0.4) is 0 Å². The normalized spacial score (nSPS) is 18.0. The van der Waals surface area contributed by atoms with Crippen molar-refractivity contribution in [3.05, 3.63) is 53.7 Å². The number of pyridine rings is 1. The van der Waals surface area contributed by atoms with E-state index >= 15 is 0 Å². The summed E-state index contributed by atoms with van der Waals surface area (Å²) in [5.41, 5.74) is 1.62. The minimum atomic E-state index is -0.447. The van der Waals surface area contributed by atoms with Crippen LogP contribution in [-0.2, 0) is 15.9 Å². The fourth-order valence-corrected chi connectivity index (χ4v) is 2.52. The third-order valence-electron chi connectivity index (χ3n) is 4.73. The van der Waals surface area contributed by atoms with Gasteiger partial charge in [-0.25, -0.2) is 4.98 Å². The molecule has 2 aromatic rings. The van der Waals surface area contributed by atoms with Crippen molar-refractivity contribution < 1.29 is 14.0 Å². The number of rotatable bonds is 4. The van der Waals surface area contributed by atoms with Crippen molar-refractivity contribution in [2.75, 3.05) is 0 Å². The molecule has 1 aliphatic heterocycles. The lowest BCUT2D eigenvalue weighted by atomic mass is 9.80. The second-order valence-corrected chi connectivity index (χ2v) is 7.12. The number of benzene rings is 1. The predicted molar refractivity (Wildman–Crippen MR) is 95.4 cm³/mol. The highest BCUT2D eigenvalue weighted by Gasteiger charge is 2.51. The van der Waals surface area contributed by atoms with Crippen molar-refractivity contribution in [1.82, 2.24) is 4.98 Å². The molecule has 0 spiro atoms. The highest BCUT2D eigenvalue weighted by atomic mass is 16.7. The molecule has 0 unspecified atom stereocenters. The van der Waals surface area contributed by atoms with Crippen LogP contribution in [0.2, 0.25) is 0 Å². The van der Waals surface area contributed by atoms with Gasteiger partial charge in [-0.15, -0.1) is 0 Å². The van der Waals surface area contributed by atoms with Gasteiger partial charge in [0.15, 0.2) is 0 Å². The number of ether oxygens (including phenoxy) is 1. The molecule has 0 bridgehead atoms. The summed E-state index contributed by atoms with van der Waals surface area (Å²) in [6.07, 6.45) is 1.68. The molecule has 0 radical (unpaired) electrons. The summed E-state index contributed by atoms with van der Waals surface area (Å²) >= 11 is 0. The molecule has 6 heteroatoms. The first-order chi connectivity index (χ1) is 11.8. The molecule has 5 nitrogen and oxygen atoms in total. The van der Waals surface area contributed by atoms with Crippen LogP contribution in [0.25, 0.3) is 0 Å². The number of nitrogens with zero attached hydrogens (tertiary/aromatic N) is 2. The summed E-state index contributed by atoms with van der Waals surface area (Å²) in [6.45, 7) is 8.43. The minimum Gasteiger partial charge on any atom is -0.473 e. The van der Waals surface area contributed by atoms with E-state index in [0.717, 1.165) is 11.0 Å². The van der Waals surface area contributed by atoms with Gasteiger partial charge in [-0.1, -0.05) is 12.1 Å². The monoisotopic (exact) mass is 336 g/mol. The van der Waals surface area contributed by atoms with Crippen molar-refractivity contribution in [3.8, 4) is 11.9 Å². The average molecular weight is 336 g/mol. The van der Waals surface area contributed by atoms with E-state index in [9.17, 15) is 0 Å². The Balaban J connectivity index is 1.71. The molecule has 0 aliphatic carbocycles. The zero-order valence-electron chi connectivity index (χ0n) is 14.9. The lowest BCUT2D eigenvalue weighted by molar-refractivity contribution is 0.00578. The Morgan fingerprint density at radius 3 is 2.52 bits per heavy atom. The van der Waals surface area contributed by atoms with Gasteiger partial charge >= 0.3 is 7.12 Å². The van der Waals surface area contributed by atoms with Crippen LogP contribution in [0.4, 0.5) is 0 Å². The minimum absolute atomic E-state index is 0.343. The zero-order valence-corrected chi connectivity index (χ0v) is 14.9. The van der Waals surface area contributed by atoms with Crippen LogP contribution in [-0.4, -0.2) is 23.3 Å². The van der Waals surface area contributed by atoms with E-state index in [1.54, 1.807) is 18.3 Å². The third-order valence-corrected chi connectivity index (χ3v) is 4.73. The summed E-state index contributed by atoms with van der Waals surface area (Å²) < 4.78 is 17.9. The van der Waals surface area contributed by atoms with Crippen molar-refractivity contribution in [3.63, 3.8) is 0 Å². The van der Waals surface area contributed by atoms with Crippen molar-refractivity contribution in [1.29, 1.82) is 5.26 Å². The van der Waals surface area contributed by atoms with Gasteiger partial charge in [-0.05, 0) is 56.9 Å². The van der Waals surface area contributed by atoms with Crippen molar-refractivity contribution in [2.24, 2.45) is 0 Å². The lowest BCUT2D eigenvalue weighted by Gasteiger charge is -2.32. The van der Waals surface area contributed by atoms with E-state index in [1.165, 1.54) is 0 Å².